The molecule has 4 aromatic rings. The molecule has 2 amide bonds. The zero-order valence-corrected chi connectivity index (χ0v) is 18.4. The maximum atomic E-state index is 13.2. The van der Waals surface area contributed by atoms with Crippen LogP contribution in [-0.2, 0) is 6.42 Å². The van der Waals surface area contributed by atoms with Crippen molar-refractivity contribution in [3.63, 3.8) is 0 Å². The highest BCUT2D eigenvalue weighted by molar-refractivity contribution is 7.15. The number of fused-ring (bicyclic) bond motifs is 1. The van der Waals surface area contributed by atoms with E-state index in [-0.39, 0.29) is 17.9 Å². The number of amides is 2. The van der Waals surface area contributed by atoms with Crippen LogP contribution in [0.4, 0.5) is 14.9 Å². The Morgan fingerprint density at radius 2 is 2.09 bits per heavy atom. The largest absolute Gasteiger partial charge is 0.497 e. The Bertz CT molecular complexity index is 1250. The van der Waals surface area contributed by atoms with Gasteiger partial charge in [-0.25, -0.2) is 14.2 Å². The second-order valence-electron chi connectivity index (χ2n) is 7.85. The number of imidazole rings is 1. The fourth-order valence-corrected chi connectivity index (χ4v) is 4.64. The Morgan fingerprint density at radius 1 is 1.28 bits per heavy atom. The number of benzene rings is 2. The molecule has 0 aliphatic heterocycles. The van der Waals surface area contributed by atoms with Crippen molar-refractivity contribution < 1.29 is 13.9 Å². The number of carbonyl (C=O) groups excluding carboxylic acids is 1. The van der Waals surface area contributed by atoms with Crippen LogP contribution in [0.5, 0.6) is 5.75 Å². The fraction of sp³-hybridized carbons (Fsp3) is 0.250. The monoisotopic (exact) mass is 450 g/mol. The molecule has 2 aromatic heterocycles. The van der Waals surface area contributed by atoms with Crippen LogP contribution in [0.2, 0.25) is 0 Å². The number of nitrogens with one attached hydrogen (secondary N) is 1. The molecule has 32 heavy (non-hydrogen) atoms. The molecule has 0 bridgehead atoms. The Morgan fingerprint density at radius 3 is 2.84 bits per heavy atom. The first kappa shape index (κ1) is 20.5. The summed E-state index contributed by atoms with van der Waals surface area (Å²) in [4.78, 5) is 20.4. The summed E-state index contributed by atoms with van der Waals surface area (Å²) in [7, 11) is 1.61. The lowest BCUT2D eigenvalue weighted by Crippen LogP contribution is -2.38. The molecule has 8 heteroatoms. The molecule has 1 fully saturated rings. The first-order valence-electron chi connectivity index (χ1n) is 10.5. The van der Waals surface area contributed by atoms with Crippen LogP contribution in [0.15, 0.2) is 60.1 Å². The lowest BCUT2D eigenvalue weighted by atomic mass is 10.2. The Balaban J connectivity index is 1.29. The van der Waals surface area contributed by atoms with Crippen LogP contribution in [0.1, 0.15) is 18.5 Å². The molecule has 2 aromatic carbocycles. The minimum Gasteiger partial charge on any atom is -0.497 e. The van der Waals surface area contributed by atoms with E-state index in [1.54, 1.807) is 30.6 Å². The first-order chi connectivity index (χ1) is 15.6. The van der Waals surface area contributed by atoms with Gasteiger partial charge in [-0.1, -0.05) is 6.07 Å². The zero-order chi connectivity index (χ0) is 22.1. The number of hydrogen-bond donors (Lipinski definition) is 1. The van der Waals surface area contributed by atoms with Gasteiger partial charge < -0.3 is 15.0 Å². The second-order valence-corrected chi connectivity index (χ2v) is 8.69. The standard InChI is InChI=1S/C24H23FN4O2S/c1-31-21-4-2-3-18(13-21)26-23(30)28(19-9-10-19)12-11-20-15-32-24-27-22(14-29(20)24)16-5-7-17(25)8-6-16/h2-8,13-15,19H,9-12H2,1H3,(H,26,30). The number of aromatic nitrogens is 2. The molecule has 1 aliphatic carbocycles. The van der Waals surface area contributed by atoms with Crippen molar-refractivity contribution in [1.82, 2.24) is 14.3 Å². The Kier molecular flexibility index (Phi) is 5.53. The number of urea groups is 1. The zero-order valence-electron chi connectivity index (χ0n) is 17.6. The summed E-state index contributed by atoms with van der Waals surface area (Å²) in [5.41, 5.74) is 3.51. The summed E-state index contributed by atoms with van der Waals surface area (Å²) in [6, 6.07) is 13.9. The van der Waals surface area contributed by atoms with Gasteiger partial charge in [0.15, 0.2) is 4.96 Å². The molecule has 164 valence electrons. The van der Waals surface area contributed by atoms with Gasteiger partial charge in [-0.2, -0.15) is 0 Å². The van der Waals surface area contributed by atoms with Gasteiger partial charge in [-0.3, -0.25) is 4.40 Å². The number of thiazole rings is 1. The van der Waals surface area contributed by atoms with E-state index < -0.39 is 0 Å². The molecule has 0 radical (unpaired) electrons. The summed E-state index contributed by atoms with van der Waals surface area (Å²) in [5, 5.41) is 5.08. The molecular formula is C24H23FN4O2S. The van der Waals surface area contributed by atoms with Crippen molar-refractivity contribution in [2.45, 2.75) is 25.3 Å². The van der Waals surface area contributed by atoms with Crippen molar-refractivity contribution in [1.29, 1.82) is 0 Å². The highest BCUT2D eigenvalue weighted by atomic mass is 32.1. The molecule has 1 saturated carbocycles. The van der Waals surface area contributed by atoms with Crippen LogP contribution < -0.4 is 10.1 Å². The molecule has 0 spiro atoms. The third-order valence-electron chi connectivity index (χ3n) is 5.60. The predicted octanol–water partition coefficient (Wildman–Crippen LogP) is 5.45. The molecular weight excluding hydrogens is 427 g/mol. The van der Waals surface area contributed by atoms with Crippen LogP contribution in [0, 0.1) is 5.82 Å². The number of carbonyl (C=O) groups is 1. The number of methoxy groups -OCH3 is 1. The summed E-state index contributed by atoms with van der Waals surface area (Å²) in [6.45, 7) is 0.621. The summed E-state index contributed by atoms with van der Waals surface area (Å²) in [6.07, 6.45) is 4.77. The van der Waals surface area contributed by atoms with Gasteiger partial charge in [0, 0.05) is 53.6 Å². The molecule has 0 saturated heterocycles. The average molecular weight is 451 g/mol. The van der Waals surface area contributed by atoms with Gasteiger partial charge in [0.1, 0.15) is 11.6 Å². The SMILES string of the molecule is COc1cccc(NC(=O)N(CCc2csc3nc(-c4ccc(F)cc4)cn23)C2CC2)c1. The third kappa shape index (κ3) is 4.31. The highest BCUT2D eigenvalue weighted by Gasteiger charge is 2.32. The Hall–Kier alpha value is -3.39. The van der Waals surface area contributed by atoms with Gasteiger partial charge in [0.25, 0.3) is 0 Å². The molecule has 1 N–H and O–H groups in total. The number of nitrogens with zero attached hydrogens (tertiary/aromatic N) is 3. The summed E-state index contributed by atoms with van der Waals surface area (Å²) >= 11 is 1.57. The van der Waals surface area contributed by atoms with Crippen LogP contribution in [0.25, 0.3) is 16.2 Å². The van der Waals surface area contributed by atoms with Crippen molar-refractivity contribution >= 4 is 28.0 Å². The van der Waals surface area contributed by atoms with Gasteiger partial charge >= 0.3 is 6.03 Å². The number of ether oxygens (including phenoxy) is 1. The molecule has 5 rings (SSSR count). The average Bonchev–Trinajstić information content (AvgIpc) is 3.43. The third-order valence-corrected chi connectivity index (χ3v) is 6.49. The van der Waals surface area contributed by atoms with Gasteiger partial charge in [-0.05, 0) is 49.2 Å². The number of anilines is 1. The van der Waals surface area contributed by atoms with Crippen LogP contribution >= 0.6 is 11.3 Å². The lowest BCUT2D eigenvalue weighted by Gasteiger charge is -2.23. The number of rotatable bonds is 7. The molecule has 2 heterocycles. The van der Waals surface area contributed by atoms with E-state index >= 15 is 0 Å². The maximum absolute atomic E-state index is 13.2. The van der Waals surface area contributed by atoms with Crippen molar-refractivity contribution in [3.8, 4) is 17.0 Å². The van der Waals surface area contributed by atoms with E-state index in [2.05, 4.69) is 20.1 Å². The highest BCUT2D eigenvalue weighted by Crippen LogP contribution is 2.29. The van der Waals surface area contributed by atoms with Gasteiger partial charge in [-0.15, -0.1) is 11.3 Å². The first-order valence-corrected chi connectivity index (χ1v) is 11.4. The molecule has 1 aliphatic rings. The predicted molar refractivity (Wildman–Crippen MR) is 124 cm³/mol. The quantitative estimate of drug-likeness (QED) is 0.407. The van der Waals surface area contributed by atoms with E-state index in [1.807, 2.05) is 35.4 Å². The summed E-state index contributed by atoms with van der Waals surface area (Å²) < 4.78 is 20.5. The molecule has 0 unspecified atom stereocenters. The van der Waals surface area contributed by atoms with E-state index in [9.17, 15) is 9.18 Å². The maximum Gasteiger partial charge on any atom is 0.322 e. The van der Waals surface area contributed by atoms with E-state index in [4.69, 9.17) is 4.74 Å². The lowest BCUT2D eigenvalue weighted by molar-refractivity contribution is 0.209. The van der Waals surface area contributed by atoms with E-state index in [1.165, 1.54) is 12.1 Å². The van der Waals surface area contributed by atoms with Crippen molar-refractivity contribution in [3.05, 3.63) is 71.6 Å². The van der Waals surface area contributed by atoms with Crippen molar-refractivity contribution in [2.24, 2.45) is 0 Å². The van der Waals surface area contributed by atoms with Crippen molar-refractivity contribution in [2.75, 3.05) is 19.0 Å². The minimum absolute atomic E-state index is 0.0927. The van der Waals surface area contributed by atoms with Crippen LogP contribution in [-0.4, -0.2) is 40.0 Å². The minimum atomic E-state index is -0.261. The Labute approximate surface area is 189 Å². The van der Waals surface area contributed by atoms with E-state index in [0.29, 0.717) is 12.3 Å². The van der Waals surface area contributed by atoms with Crippen LogP contribution in [0.3, 0.4) is 0 Å². The van der Waals surface area contributed by atoms with E-state index in [0.717, 1.165) is 46.9 Å². The normalized spacial score (nSPS) is 13.3. The van der Waals surface area contributed by atoms with Gasteiger partial charge in [0.05, 0.1) is 12.8 Å². The van der Waals surface area contributed by atoms with Gasteiger partial charge in [0.2, 0.25) is 0 Å². The second kappa shape index (κ2) is 8.63. The number of halogens is 1. The molecule has 0 atom stereocenters. The molecule has 6 nitrogen and oxygen atoms in total. The fourth-order valence-electron chi connectivity index (χ4n) is 3.74. The number of hydrogen-bond acceptors (Lipinski definition) is 4. The smallest absolute Gasteiger partial charge is 0.322 e. The summed E-state index contributed by atoms with van der Waals surface area (Å²) in [5.74, 6) is 0.446. The topological polar surface area (TPSA) is 58.9 Å².